The topological polar surface area (TPSA) is 122 Å². The van der Waals surface area contributed by atoms with Crippen molar-refractivity contribution in [3.8, 4) is 6.19 Å². The van der Waals surface area contributed by atoms with Crippen LogP contribution in [-0.4, -0.2) is 20.5 Å². The molecule has 0 radical (unpaired) electrons. The quantitative estimate of drug-likeness (QED) is 0.242. The van der Waals surface area contributed by atoms with Crippen molar-refractivity contribution in [2.45, 2.75) is 6.67 Å². The monoisotopic (exact) mass is 193 g/mol. The second-order valence-electron chi connectivity index (χ2n) is 2.21. The first kappa shape index (κ1) is 9.66. The molecular weight excluding hydrogens is 186 g/mol. The summed E-state index contributed by atoms with van der Waals surface area (Å²) in [4.78, 5) is 21.1. The van der Waals surface area contributed by atoms with Crippen molar-refractivity contribution in [1.82, 2.24) is 19.9 Å². The number of hydrogen-bond acceptors (Lipinski definition) is 5. The molecule has 3 N–H and O–H groups in total. The van der Waals surface area contributed by atoms with Gasteiger partial charge in [-0.25, -0.2) is 9.79 Å². The Bertz CT molecular complexity index is 408. The molecular formula is C6H7N7O. The van der Waals surface area contributed by atoms with E-state index >= 15 is 0 Å². The molecule has 0 saturated heterocycles. The summed E-state index contributed by atoms with van der Waals surface area (Å²) in [5.74, 6) is -0.00815. The van der Waals surface area contributed by atoms with Gasteiger partial charge in [0.05, 0.1) is 0 Å². The van der Waals surface area contributed by atoms with Crippen molar-refractivity contribution in [1.29, 1.82) is 5.26 Å². The van der Waals surface area contributed by atoms with Crippen molar-refractivity contribution < 1.29 is 0 Å². The molecule has 8 nitrogen and oxygen atoms in total. The third-order valence-corrected chi connectivity index (χ3v) is 1.22. The summed E-state index contributed by atoms with van der Waals surface area (Å²) in [6.07, 6.45) is 4.17. The molecule has 1 heterocycles. The molecule has 0 unspecified atom stereocenters. The Morgan fingerprint density at radius 1 is 1.71 bits per heavy atom. The van der Waals surface area contributed by atoms with Gasteiger partial charge < -0.3 is 10.3 Å². The van der Waals surface area contributed by atoms with Crippen molar-refractivity contribution in [3.63, 3.8) is 0 Å². The SMILES string of the molecule is N#CNC(N)=NCn1cnc(=O)nc1. The molecule has 0 aromatic carbocycles. The molecule has 0 amide bonds. The smallest absolute Gasteiger partial charge is 0.369 e. The minimum Gasteiger partial charge on any atom is -0.369 e. The van der Waals surface area contributed by atoms with E-state index in [0.717, 1.165) is 0 Å². The van der Waals surface area contributed by atoms with Gasteiger partial charge in [0.1, 0.15) is 19.3 Å². The van der Waals surface area contributed by atoms with Crippen molar-refractivity contribution in [2.24, 2.45) is 10.7 Å². The minimum atomic E-state index is -0.562. The van der Waals surface area contributed by atoms with Gasteiger partial charge in [-0.15, -0.1) is 0 Å². The van der Waals surface area contributed by atoms with Crippen molar-refractivity contribution in [3.05, 3.63) is 23.1 Å². The number of hydrogen-bond donors (Lipinski definition) is 2. The summed E-state index contributed by atoms with van der Waals surface area (Å²) in [6.45, 7) is 0.140. The maximum atomic E-state index is 10.5. The van der Waals surface area contributed by atoms with Gasteiger partial charge in [-0.1, -0.05) is 0 Å². The Morgan fingerprint density at radius 3 is 2.93 bits per heavy atom. The summed E-state index contributed by atoms with van der Waals surface area (Å²) >= 11 is 0. The first-order chi connectivity index (χ1) is 6.72. The highest BCUT2D eigenvalue weighted by molar-refractivity contribution is 5.78. The van der Waals surface area contributed by atoms with E-state index in [1.54, 1.807) is 6.19 Å². The number of aliphatic imine (C=N–C) groups is 1. The third kappa shape index (κ3) is 2.90. The lowest BCUT2D eigenvalue weighted by Crippen LogP contribution is -2.27. The maximum Gasteiger partial charge on any atom is 0.369 e. The Balaban J connectivity index is 2.62. The Labute approximate surface area is 78.7 Å². The largest absolute Gasteiger partial charge is 0.369 e. The summed E-state index contributed by atoms with van der Waals surface area (Å²) in [7, 11) is 0. The lowest BCUT2D eigenvalue weighted by Gasteiger charge is -1.99. The van der Waals surface area contributed by atoms with Gasteiger partial charge in [-0.2, -0.15) is 15.2 Å². The highest BCUT2D eigenvalue weighted by Crippen LogP contribution is 1.80. The lowest BCUT2D eigenvalue weighted by atomic mass is 10.8. The first-order valence-corrected chi connectivity index (χ1v) is 3.55. The van der Waals surface area contributed by atoms with Crippen LogP contribution in [-0.2, 0) is 6.67 Å². The summed E-state index contributed by atoms with van der Waals surface area (Å²) < 4.78 is 1.44. The average molecular weight is 193 g/mol. The summed E-state index contributed by atoms with van der Waals surface area (Å²) in [5, 5.41) is 10.3. The predicted molar refractivity (Wildman–Crippen MR) is 46.7 cm³/mol. The standard InChI is InChI=1S/C6H7N7O/c7-1-9-5(8)10-2-13-3-11-6(14)12-4-13/h3-4H,2H2,(H3,8,9,10). The molecule has 8 heteroatoms. The number of rotatable bonds is 2. The van der Waals surface area contributed by atoms with Crippen LogP contribution in [0.4, 0.5) is 0 Å². The Kier molecular flexibility index (Phi) is 3.15. The van der Waals surface area contributed by atoms with Gasteiger partial charge in [0.25, 0.3) is 0 Å². The fraction of sp³-hybridized carbons (Fsp3) is 0.167. The summed E-state index contributed by atoms with van der Waals surface area (Å²) in [5.41, 5.74) is 4.70. The van der Waals surface area contributed by atoms with Crippen LogP contribution < -0.4 is 16.7 Å². The van der Waals surface area contributed by atoms with Crippen LogP contribution in [0.1, 0.15) is 0 Å². The lowest BCUT2D eigenvalue weighted by molar-refractivity contribution is 0.676. The second-order valence-corrected chi connectivity index (χ2v) is 2.21. The zero-order valence-corrected chi connectivity index (χ0v) is 7.08. The van der Waals surface area contributed by atoms with E-state index in [1.807, 2.05) is 0 Å². The molecule has 1 aromatic heterocycles. The first-order valence-electron chi connectivity index (χ1n) is 3.55. The normalized spacial score (nSPS) is 10.6. The number of nitrogens with two attached hydrogens (primary N) is 1. The van der Waals surface area contributed by atoms with E-state index in [1.165, 1.54) is 17.2 Å². The fourth-order valence-electron chi connectivity index (χ4n) is 0.638. The van der Waals surface area contributed by atoms with Gasteiger partial charge in [0.15, 0.2) is 6.19 Å². The Morgan fingerprint density at radius 2 is 2.36 bits per heavy atom. The number of guanidine groups is 1. The molecule has 72 valence electrons. The number of aromatic nitrogens is 3. The van der Waals surface area contributed by atoms with Crippen molar-refractivity contribution in [2.75, 3.05) is 0 Å². The number of nitriles is 1. The summed E-state index contributed by atoms with van der Waals surface area (Å²) in [6, 6.07) is 0. The van der Waals surface area contributed by atoms with Crippen LogP contribution in [0.2, 0.25) is 0 Å². The van der Waals surface area contributed by atoms with Gasteiger partial charge in [0, 0.05) is 0 Å². The van der Waals surface area contributed by atoms with E-state index in [2.05, 4.69) is 20.3 Å². The van der Waals surface area contributed by atoms with Gasteiger partial charge >= 0.3 is 5.69 Å². The zero-order chi connectivity index (χ0) is 10.4. The average Bonchev–Trinajstić information content (AvgIpc) is 2.17. The fourth-order valence-corrected chi connectivity index (χ4v) is 0.638. The molecule has 1 aromatic rings. The number of nitrogens with zero attached hydrogens (tertiary/aromatic N) is 5. The maximum absolute atomic E-state index is 10.5. The van der Waals surface area contributed by atoms with Crippen LogP contribution in [0, 0.1) is 11.5 Å². The highest BCUT2D eigenvalue weighted by atomic mass is 16.1. The molecule has 0 saturated carbocycles. The van der Waals surface area contributed by atoms with Crippen LogP contribution in [0.25, 0.3) is 0 Å². The minimum absolute atomic E-state index is 0.00815. The van der Waals surface area contributed by atoms with Crippen molar-refractivity contribution >= 4 is 5.96 Å². The van der Waals surface area contributed by atoms with Gasteiger partial charge in [0.2, 0.25) is 5.96 Å². The molecule has 0 aliphatic heterocycles. The third-order valence-electron chi connectivity index (χ3n) is 1.22. The predicted octanol–water partition coefficient (Wildman–Crippen LogP) is -2.02. The highest BCUT2D eigenvalue weighted by Gasteiger charge is 1.90. The van der Waals surface area contributed by atoms with Crippen LogP contribution in [0.3, 0.4) is 0 Å². The van der Waals surface area contributed by atoms with Crippen LogP contribution in [0.15, 0.2) is 22.4 Å². The molecule has 0 aliphatic carbocycles. The molecule has 1 rings (SSSR count). The zero-order valence-electron chi connectivity index (χ0n) is 7.08. The van der Waals surface area contributed by atoms with E-state index in [4.69, 9.17) is 11.0 Å². The van der Waals surface area contributed by atoms with Crippen LogP contribution in [0.5, 0.6) is 0 Å². The van der Waals surface area contributed by atoms with E-state index in [9.17, 15) is 4.79 Å². The molecule has 0 bridgehead atoms. The second kappa shape index (κ2) is 4.56. The molecule has 0 aliphatic rings. The van der Waals surface area contributed by atoms with Gasteiger partial charge in [-0.05, 0) is 0 Å². The number of nitrogens with one attached hydrogen (secondary N) is 1. The van der Waals surface area contributed by atoms with Crippen LogP contribution >= 0.6 is 0 Å². The van der Waals surface area contributed by atoms with E-state index < -0.39 is 5.69 Å². The van der Waals surface area contributed by atoms with E-state index in [0.29, 0.717) is 0 Å². The van der Waals surface area contributed by atoms with Gasteiger partial charge in [-0.3, -0.25) is 5.32 Å². The molecule has 0 atom stereocenters. The molecule has 0 fully saturated rings. The molecule has 0 spiro atoms. The Hall–Kier alpha value is -2.43. The molecule has 14 heavy (non-hydrogen) atoms. The van der Waals surface area contributed by atoms with E-state index in [-0.39, 0.29) is 12.6 Å².